The Kier molecular flexibility index (Phi) is 5.96. The van der Waals surface area contributed by atoms with Crippen molar-refractivity contribution in [3.8, 4) is 0 Å². The zero-order valence-corrected chi connectivity index (χ0v) is 16.8. The van der Waals surface area contributed by atoms with E-state index >= 15 is 0 Å². The molecule has 2 fully saturated rings. The van der Waals surface area contributed by atoms with Crippen molar-refractivity contribution < 1.29 is 4.79 Å². The van der Waals surface area contributed by atoms with Gasteiger partial charge in [0.25, 0.3) is 5.91 Å². The standard InChI is InChI=1S/C24H31N3O/c1-18-5-4-7-22(15-18)27-13-10-21(11-14-27)26-24(28)23-8-3-2-6-20(23)16-19-9-12-25-17-19/h2-8,15,19,21,25H,9-14,16-17H2,1H3,(H,26,28). The number of carbonyl (C=O) groups excluding carboxylic acids is 1. The van der Waals surface area contributed by atoms with E-state index in [0.29, 0.717) is 5.92 Å². The summed E-state index contributed by atoms with van der Waals surface area (Å²) in [6.45, 7) is 6.27. The first-order valence-electron chi connectivity index (χ1n) is 10.6. The van der Waals surface area contributed by atoms with Crippen LogP contribution in [0.5, 0.6) is 0 Å². The monoisotopic (exact) mass is 377 g/mol. The van der Waals surface area contributed by atoms with Crippen LogP contribution in [0.1, 0.15) is 40.7 Å². The number of rotatable bonds is 5. The highest BCUT2D eigenvalue weighted by Gasteiger charge is 2.23. The van der Waals surface area contributed by atoms with Crippen molar-refractivity contribution >= 4 is 11.6 Å². The lowest BCUT2D eigenvalue weighted by molar-refractivity contribution is 0.0930. The smallest absolute Gasteiger partial charge is 0.251 e. The van der Waals surface area contributed by atoms with E-state index in [9.17, 15) is 4.79 Å². The summed E-state index contributed by atoms with van der Waals surface area (Å²) in [7, 11) is 0. The van der Waals surface area contributed by atoms with Gasteiger partial charge in [-0.15, -0.1) is 0 Å². The Labute approximate surface area is 168 Å². The number of hydrogen-bond donors (Lipinski definition) is 2. The van der Waals surface area contributed by atoms with Crippen LogP contribution in [0.2, 0.25) is 0 Å². The molecule has 0 radical (unpaired) electrons. The van der Waals surface area contributed by atoms with Crippen molar-refractivity contribution in [2.75, 3.05) is 31.1 Å². The predicted octanol–water partition coefficient (Wildman–Crippen LogP) is 3.55. The predicted molar refractivity (Wildman–Crippen MR) is 115 cm³/mol. The minimum atomic E-state index is 0.0931. The van der Waals surface area contributed by atoms with Gasteiger partial charge in [0.2, 0.25) is 0 Å². The van der Waals surface area contributed by atoms with Crippen LogP contribution in [-0.2, 0) is 6.42 Å². The maximum atomic E-state index is 13.0. The highest BCUT2D eigenvalue weighted by molar-refractivity contribution is 5.95. The van der Waals surface area contributed by atoms with Gasteiger partial charge in [0.15, 0.2) is 0 Å². The normalized spacial score (nSPS) is 20.3. The van der Waals surface area contributed by atoms with Crippen molar-refractivity contribution in [1.29, 1.82) is 0 Å². The first-order chi connectivity index (χ1) is 13.7. The number of piperidine rings is 1. The molecule has 4 rings (SSSR count). The van der Waals surface area contributed by atoms with E-state index in [0.717, 1.165) is 51.0 Å². The van der Waals surface area contributed by atoms with Gasteiger partial charge in [-0.25, -0.2) is 0 Å². The van der Waals surface area contributed by atoms with Gasteiger partial charge >= 0.3 is 0 Å². The average Bonchev–Trinajstić information content (AvgIpc) is 3.22. The van der Waals surface area contributed by atoms with Crippen LogP contribution in [0.3, 0.4) is 0 Å². The summed E-state index contributed by atoms with van der Waals surface area (Å²) in [5.41, 5.74) is 4.63. The molecule has 148 valence electrons. The molecule has 0 aromatic heterocycles. The summed E-state index contributed by atoms with van der Waals surface area (Å²) in [6.07, 6.45) is 4.18. The molecule has 1 unspecified atom stereocenters. The summed E-state index contributed by atoms with van der Waals surface area (Å²) in [5.74, 6) is 0.738. The van der Waals surface area contributed by atoms with Crippen LogP contribution in [0.15, 0.2) is 48.5 Å². The molecule has 2 aromatic rings. The molecule has 2 heterocycles. The fourth-order valence-corrected chi connectivity index (χ4v) is 4.49. The van der Waals surface area contributed by atoms with E-state index in [2.05, 4.69) is 58.9 Å². The molecule has 0 aliphatic carbocycles. The molecule has 0 bridgehead atoms. The van der Waals surface area contributed by atoms with Gasteiger partial charge < -0.3 is 15.5 Å². The summed E-state index contributed by atoms with van der Waals surface area (Å²) in [4.78, 5) is 15.4. The van der Waals surface area contributed by atoms with Crippen molar-refractivity contribution in [2.45, 2.75) is 38.6 Å². The molecule has 2 saturated heterocycles. The van der Waals surface area contributed by atoms with Crippen LogP contribution in [0, 0.1) is 12.8 Å². The number of carbonyl (C=O) groups is 1. The number of amides is 1. The van der Waals surface area contributed by atoms with Gasteiger partial charge in [0, 0.05) is 30.4 Å². The lowest BCUT2D eigenvalue weighted by Crippen LogP contribution is -2.45. The molecule has 28 heavy (non-hydrogen) atoms. The largest absolute Gasteiger partial charge is 0.371 e. The first-order valence-corrected chi connectivity index (χ1v) is 10.6. The molecule has 4 heteroatoms. The van der Waals surface area contributed by atoms with E-state index in [1.165, 1.54) is 23.2 Å². The van der Waals surface area contributed by atoms with Gasteiger partial charge in [0.1, 0.15) is 0 Å². The topological polar surface area (TPSA) is 44.4 Å². The lowest BCUT2D eigenvalue weighted by atomic mass is 9.94. The number of hydrogen-bond acceptors (Lipinski definition) is 3. The van der Waals surface area contributed by atoms with Gasteiger partial charge in [-0.1, -0.05) is 30.3 Å². The van der Waals surface area contributed by atoms with Crippen molar-refractivity contribution in [3.63, 3.8) is 0 Å². The molecule has 4 nitrogen and oxygen atoms in total. The number of anilines is 1. The van der Waals surface area contributed by atoms with Crippen LogP contribution in [-0.4, -0.2) is 38.1 Å². The van der Waals surface area contributed by atoms with Gasteiger partial charge in [-0.2, -0.15) is 0 Å². The molecule has 0 saturated carbocycles. The zero-order chi connectivity index (χ0) is 19.3. The van der Waals surface area contributed by atoms with Crippen LogP contribution in [0.25, 0.3) is 0 Å². The summed E-state index contributed by atoms with van der Waals surface area (Å²) in [5, 5.41) is 6.73. The molecular formula is C24H31N3O. The van der Waals surface area contributed by atoms with Crippen molar-refractivity contribution in [2.24, 2.45) is 5.92 Å². The minimum absolute atomic E-state index is 0.0931. The molecule has 2 aromatic carbocycles. The molecule has 2 aliphatic heterocycles. The fraction of sp³-hybridized carbons (Fsp3) is 0.458. The Morgan fingerprint density at radius 3 is 2.68 bits per heavy atom. The van der Waals surface area contributed by atoms with E-state index in [1.54, 1.807) is 0 Å². The Morgan fingerprint density at radius 1 is 1.11 bits per heavy atom. The molecular weight excluding hydrogens is 346 g/mol. The fourth-order valence-electron chi connectivity index (χ4n) is 4.49. The van der Waals surface area contributed by atoms with Crippen molar-refractivity contribution in [1.82, 2.24) is 10.6 Å². The third-order valence-electron chi connectivity index (χ3n) is 6.13. The molecule has 1 atom stereocenters. The third-order valence-corrected chi connectivity index (χ3v) is 6.13. The van der Waals surface area contributed by atoms with Gasteiger partial charge in [0.05, 0.1) is 0 Å². The Balaban J connectivity index is 1.35. The summed E-state index contributed by atoms with van der Waals surface area (Å²) < 4.78 is 0. The molecule has 1 amide bonds. The van der Waals surface area contributed by atoms with Crippen LogP contribution in [0.4, 0.5) is 5.69 Å². The molecule has 0 spiro atoms. The van der Waals surface area contributed by atoms with E-state index in [1.807, 2.05) is 12.1 Å². The SMILES string of the molecule is Cc1cccc(N2CCC(NC(=O)c3ccccc3CC3CCNC3)CC2)c1. The average molecular weight is 378 g/mol. The highest BCUT2D eigenvalue weighted by atomic mass is 16.1. The first kappa shape index (κ1) is 19.0. The second-order valence-electron chi connectivity index (χ2n) is 8.29. The summed E-state index contributed by atoms with van der Waals surface area (Å²) >= 11 is 0. The maximum absolute atomic E-state index is 13.0. The van der Waals surface area contributed by atoms with Crippen molar-refractivity contribution in [3.05, 3.63) is 65.2 Å². The van der Waals surface area contributed by atoms with E-state index in [-0.39, 0.29) is 11.9 Å². The lowest BCUT2D eigenvalue weighted by Gasteiger charge is -2.34. The number of aryl methyl sites for hydroxylation is 1. The quantitative estimate of drug-likeness (QED) is 0.838. The van der Waals surface area contributed by atoms with Crippen LogP contribution < -0.4 is 15.5 Å². The maximum Gasteiger partial charge on any atom is 0.251 e. The second-order valence-corrected chi connectivity index (χ2v) is 8.29. The Bertz CT molecular complexity index is 805. The Morgan fingerprint density at radius 2 is 1.93 bits per heavy atom. The van der Waals surface area contributed by atoms with E-state index in [4.69, 9.17) is 0 Å². The van der Waals surface area contributed by atoms with Gasteiger partial charge in [-0.3, -0.25) is 4.79 Å². The minimum Gasteiger partial charge on any atom is -0.371 e. The number of benzene rings is 2. The third kappa shape index (κ3) is 4.56. The number of nitrogens with zero attached hydrogens (tertiary/aromatic N) is 1. The molecule has 2 aliphatic rings. The Hall–Kier alpha value is -2.33. The highest BCUT2D eigenvalue weighted by Crippen LogP contribution is 2.22. The molecule has 2 N–H and O–H groups in total. The van der Waals surface area contributed by atoms with Crippen LogP contribution >= 0.6 is 0 Å². The zero-order valence-electron chi connectivity index (χ0n) is 16.8. The summed E-state index contributed by atoms with van der Waals surface area (Å²) in [6, 6.07) is 17.1. The van der Waals surface area contributed by atoms with E-state index < -0.39 is 0 Å². The second kappa shape index (κ2) is 8.78. The van der Waals surface area contributed by atoms with Gasteiger partial charge in [-0.05, 0) is 80.9 Å². The number of nitrogens with one attached hydrogen (secondary N) is 2.